The van der Waals surface area contributed by atoms with Crippen LogP contribution in [0.4, 0.5) is 0 Å². The molecule has 1 heterocycles. The number of nitrogens with zero attached hydrogens (tertiary/aromatic N) is 2. The van der Waals surface area contributed by atoms with Gasteiger partial charge in [0.1, 0.15) is 0 Å². The van der Waals surface area contributed by atoms with Crippen molar-refractivity contribution in [3.63, 3.8) is 0 Å². The van der Waals surface area contributed by atoms with Gasteiger partial charge in [0.15, 0.2) is 0 Å². The van der Waals surface area contributed by atoms with Crippen LogP contribution < -0.4 is 0 Å². The van der Waals surface area contributed by atoms with E-state index in [4.69, 9.17) is 12.6 Å². The second-order valence-electron chi connectivity index (χ2n) is 10.2. The normalized spacial score (nSPS) is 12.1. The van der Waals surface area contributed by atoms with E-state index in [1.54, 1.807) is 0 Å². The van der Waals surface area contributed by atoms with E-state index < -0.39 is 0 Å². The monoisotopic (exact) mass is 530 g/mol. The van der Waals surface area contributed by atoms with Gasteiger partial charge in [0.05, 0.1) is 22.7 Å². The van der Waals surface area contributed by atoms with Crippen LogP contribution in [0.3, 0.4) is 0 Å². The van der Waals surface area contributed by atoms with E-state index in [1.807, 2.05) is 24.3 Å². The molecule has 0 N–H and O–H groups in total. The van der Waals surface area contributed by atoms with E-state index in [2.05, 4.69) is 121 Å². The average molecular weight is 531 g/mol. The van der Waals surface area contributed by atoms with Crippen molar-refractivity contribution in [1.82, 2.24) is 4.57 Å². The lowest BCUT2D eigenvalue weighted by atomic mass is 9.88. The quantitative estimate of drug-likeness (QED) is 0.225. The highest BCUT2D eigenvalue weighted by Gasteiger charge is 2.16. The highest BCUT2D eigenvalue weighted by Crippen LogP contribution is 2.41. The van der Waals surface area contributed by atoms with Crippen LogP contribution in [0.25, 0.3) is 60.5 Å². The van der Waals surface area contributed by atoms with Crippen LogP contribution in [0, 0.1) is 11.3 Å². The molecule has 1 aromatic heterocycles. The van der Waals surface area contributed by atoms with Gasteiger partial charge >= 0.3 is 0 Å². The number of para-hydroxylation sites is 2. The van der Waals surface area contributed by atoms with E-state index in [9.17, 15) is 5.26 Å². The van der Waals surface area contributed by atoms with Crippen molar-refractivity contribution in [2.75, 3.05) is 0 Å². The fourth-order valence-corrected chi connectivity index (χ4v) is 6.21. The molecule has 0 amide bonds. The van der Waals surface area contributed by atoms with Crippen molar-refractivity contribution < 1.29 is 0 Å². The summed E-state index contributed by atoms with van der Waals surface area (Å²) in [5.41, 5.74) is 10.0. The fourth-order valence-electron chi connectivity index (χ4n) is 5.99. The minimum absolute atomic E-state index is 0.102. The summed E-state index contributed by atoms with van der Waals surface area (Å²) in [4.78, 5) is 0. The highest BCUT2D eigenvalue weighted by molar-refractivity contribution is 7.80. The van der Waals surface area contributed by atoms with Gasteiger partial charge in [-0.3, -0.25) is 0 Å². The van der Waals surface area contributed by atoms with Gasteiger partial charge in [-0.2, -0.15) is 17.9 Å². The summed E-state index contributed by atoms with van der Waals surface area (Å²) in [7, 11) is 0. The Bertz CT molecular complexity index is 2020. The minimum Gasteiger partial charge on any atom is -0.309 e. The molecule has 2 nitrogen and oxygen atoms in total. The molecule has 0 spiro atoms. The van der Waals surface area contributed by atoms with Crippen LogP contribution in [-0.4, -0.2) is 4.57 Å². The summed E-state index contributed by atoms with van der Waals surface area (Å²) in [6.45, 7) is 2.12. The van der Waals surface area contributed by atoms with Gasteiger partial charge in [-0.25, -0.2) is 0 Å². The molecule has 6 aromatic carbocycles. The van der Waals surface area contributed by atoms with Crippen molar-refractivity contribution in [2.45, 2.75) is 12.2 Å². The molecule has 0 bridgehead atoms. The number of fused-ring (bicyclic) bond motifs is 4. The lowest BCUT2D eigenvalue weighted by molar-refractivity contribution is 1.13. The molecule has 40 heavy (non-hydrogen) atoms. The van der Waals surface area contributed by atoms with Crippen LogP contribution in [0.15, 0.2) is 127 Å². The first-order valence-corrected chi connectivity index (χ1v) is 14.0. The standard InChI is InChI=1S/C37H26N2S/c1-24(40)29-21-22-31(37-30(9-6-10-34(29)37)26-15-13-25(23-38)14-16-26)27-17-19-28(20-18-27)39-35-11-4-2-7-32(35)33-8-3-5-12-36(33)39/h2-22,24,40H,1H3. The van der Waals surface area contributed by atoms with E-state index in [1.165, 1.54) is 43.7 Å². The number of hydrogen-bond acceptors (Lipinski definition) is 2. The molecule has 0 saturated heterocycles. The van der Waals surface area contributed by atoms with Crippen molar-refractivity contribution in [1.29, 1.82) is 5.26 Å². The molecular weight excluding hydrogens is 504 g/mol. The maximum absolute atomic E-state index is 9.31. The van der Waals surface area contributed by atoms with Gasteiger partial charge in [-0.1, -0.05) is 91.0 Å². The number of thiol groups is 1. The minimum atomic E-state index is 0.102. The van der Waals surface area contributed by atoms with Crippen LogP contribution in [0.1, 0.15) is 23.3 Å². The van der Waals surface area contributed by atoms with E-state index in [0.29, 0.717) is 5.56 Å². The molecular formula is C37H26N2S. The van der Waals surface area contributed by atoms with Crippen molar-refractivity contribution in [3.8, 4) is 34.0 Å². The Labute approximate surface area is 239 Å². The molecule has 7 aromatic rings. The molecule has 190 valence electrons. The van der Waals surface area contributed by atoms with Gasteiger partial charge in [0.2, 0.25) is 0 Å². The zero-order valence-corrected chi connectivity index (χ0v) is 22.9. The zero-order chi connectivity index (χ0) is 27.2. The Morgan fingerprint density at radius 2 is 1.15 bits per heavy atom. The summed E-state index contributed by atoms with van der Waals surface area (Å²) in [5.74, 6) is 0. The Balaban J connectivity index is 1.43. The molecule has 0 aliphatic carbocycles. The largest absolute Gasteiger partial charge is 0.309 e. The smallest absolute Gasteiger partial charge is 0.0991 e. The van der Waals surface area contributed by atoms with Crippen molar-refractivity contribution in [3.05, 3.63) is 139 Å². The number of rotatable bonds is 4. The number of nitriles is 1. The van der Waals surface area contributed by atoms with Crippen LogP contribution in [-0.2, 0) is 0 Å². The molecule has 0 radical (unpaired) electrons. The van der Waals surface area contributed by atoms with Crippen molar-refractivity contribution in [2.24, 2.45) is 0 Å². The molecule has 3 heteroatoms. The fraction of sp³-hybridized carbons (Fsp3) is 0.0541. The third-order valence-corrected chi connectivity index (χ3v) is 8.14. The Kier molecular flexibility index (Phi) is 5.92. The summed E-state index contributed by atoms with van der Waals surface area (Å²) < 4.78 is 2.35. The molecule has 7 rings (SSSR count). The van der Waals surface area contributed by atoms with Crippen LogP contribution in [0.2, 0.25) is 0 Å². The van der Waals surface area contributed by atoms with Gasteiger partial charge in [-0.05, 0) is 81.9 Å². The Hall–Kier alpha value is -4.78. The first-order chi connectivity index (χ1) is 19.6. The highest BCUT2D eigenvalue weighted by atomic mass is 32.1. The molecule has 0 aliphatic rings. The summed E-state index contributed by atoms with van der Waals surface area (Å²) >= 11 is 4.80. The maximum atomic E-state index is 9.31. The van der Waals surface area contributed by atoms with Gasteiger partial charge in [0.25, 0.3) is 0 Å². The Morgan fingerprint density at radius 3 is 1.75 bits per heavy atom. The number of aromatic nitrogens is 1. The van der Waals surface area contributed by atoms with Gasteiger partial charge in [-0.15, -0.1) is 0 Å². The summed E-state index contributed by atoms with van der Waals surface area (Å²) in [5, 5.41) is 14.3. The number of benzene rings is 6. The number of hydrogen-bond donors (Lipinski definition) is 1. The topological polar surface area (TPSA) is 28.7 Å². The van der Waals surface area contributed by atoms with Gasteiger partial charge < -0.3 is 4.57 Å². The predicted octanol–water partition coefficient (Wildman–Crippen LogP) is 10.1. The third kappa shape index (κ3) is 3.88. The molecule has 0 aliphatic heterocycles. The van der Waals surface area contributed by atoms with Crippen LogP contribution in [0.5, 0.6) is 0 Å². The lowest BCUT2D eigenvalue weighted by Gasteiger charge is -2.18. The first kappa shape index (κ1) is 24.3. The molecule has 0 fully saturated rings. The molecule has 1 unspecified atom stereocenters. The third-order valence-electron chi connectivity index (χ3n) is 7.87. The Morgan fingerprint density at radius 1 is 0.600 bits per heavy atom. The van der Waals surface area contributed by atoms with Crippen molar-refractivity contribution >= 4 is 45.2 Å². The van der Waals surface area contributed by atoms with Gasteiger partial charge in [0, 0.05) is 21.7 Å². The SMILES string of the molecule is CC(S)c1ccc(-c2ccc(-n3c4ccccc4c4ccccc43)cc2)c2c(-c3ccc(C#N)cc3)cccc12. The molecule has 0 saturated carbocycles. The second-order valence-corrected chi connectivity index (χ2v) is 11.0. The second kappa shape index (κ2) is 9.75. The van der Waals surface area contributed by atoms with E-state index >= 15 is 0 Å². The summed E-state index contributed by atoms with van der Waals surface area (Å²) in [6.07, 6.45) is 0. The van der Waals surface area contributed by atoms with Crippen LogP contribution >= 0.6 is 12.6 Å². The maximum Gasteiger partial charge on any atom is 0.0991 e. The van der Waals surface area contributed by atoms with E-state index in [0.717, 1.165) is 22.4 Å². The average Bonchev–Trinajstić information content (AvgIpc) is 3.35. The summed E-state index contributed by atoms with van der Waals surface area (Å²) in [6, 6.07) is 47.1. The first-order valence-electron chi connectivity index (χ1n) is 13.5. The molecule has 1 atom stereocenters. The zero-order valence-electron chi connectivity index (χ0n) is 22.0. The lowest BCUT2D eigenvalue weighted by Crippen LogP contribution is -1.95. The predicted molar refractivity (Wildman–Crippen MR) is 171 cm³/mol. The van der Waals surface area contributed by atoms with E-state index in [-0.39, 0.29) is 5.25 Å².